The normalized spacial score (nSPS) is 11.6. The third kappa shape index (κ3) is 4.81. The summed E-state index contributed by atoms with van der Waals surface area (Å²) in [6.07, 6.45) is 0. The Morgan fingerprint density at radius 1 is 1.12 bits per heavy atom. The van der Waals surface area contributed by atoms with Crippen LogP contribution in [0.2, 0.25) is 5.02 Å². The van der Waals surface area contributed by atoms with E-state index in [1.165, 1.54) is 7.11 Å². The number of carbonyl (C=O) groups excluding carboxylic acids is 2. The fraction of sp³-hybridized carbons (Fsp3) is 0.222. The number of esters is 1. The zero-order valence-corrected chi connectivity index (χ0v) is 14.3. The molecule has 126 valence electrons. The van der Waals surface area contributed by atoms with E-state index in [9.17, 15) is 9.59 Å². The van der Waals surface area contributed by atoms with Crippen LogP contribution in [0.1, 0.15) is 28.9 Å². The van der Waals surface area contributed by atoms with Crippen LogP contribution >= 0.6 is 11.6 Å². The quantitative estimate of drug-likeness (QED) is 0.786. The van der Waals surface area contributed by atoms with Gasteiger partial charge in [0.25, 0.3) is 0 Å². The summed E-state index contributed by atoms with van der Waals surface area (Å²) in [6.45, 7) is 2.07. The Bertz CT molecular complexity index is 716. The van der Waals surface area contributed by atoms with Gasteiger partial charge in [-0.2, -0.15) is 0 Å². The molecule has 5 nitrogen and oxygen atoms in total. The second-order valence-corrected chi connectivity index (χ2v) is 5.68. The van der Waals surface area contributed by atoms with Gasteiger partial charge in [-0.05, 0) is 36.8 Å². The van der Waals surface area contributed by atoms with E-state index >= 15 is 0 Å². The van der Waals surface area contributed by atoms with Crippen LogP contribution in [0.4, 0.5) is 5.69 Å². The van der Waals surface area contributed by atoms with Gasteiger partial charge in [0.1, 0.15) is 0 Å². The van der Waals surface area contributed by atoms with Crippen LogP contribution in [-0.2, 0) is 9.53 Å². The lowest BCUT2D eigenvalue weighted by molar-refractivity contribution is -0.115. The number of carbonyl (C=O) groups is 2. The first-order chi connectivity index (χ1) is 11.5. The van der Waals surface area contributed by atoms with Gasteiger partial charge in [-0.25, -0.2) is 4.79 Å². The van der Waals surface area contributed by atoms with Crippen molar-refractivity contribution < 1.29 is 14.3 Å². The monoisotopic (exact) mass is 346 g/mol. The number of benzene rings is 2. The first kappa shape index (κ1) is 18.0. The minimum absolute atomic E-state index is 0.0103. The van der Waals surface area contributed by atoms with Crippen LogP contribution < -0.4 is 10.6 Å². The van der Waals surface area contributed by atoms with Crippen molar-refractivity contribution in [1.29, 1.82) is 0 Å². The molecule has 2 N–H and O–H groups in total. The highest BCUT2D eigenvalue weighted by molar-refractivity contribution is 6.30. The van der Waals surface area contributed by atoms with Gasteiger partial charge in [0.2, 0.25) is 5.91 Å². The molecule has 0 aliphatic carbocycles. The molecular formula is C18H19ClN2O3. The first-order valence-corrected chi connectivity index (χ1v) is 7.85. The summed E-state index contributed by atoms with van der Waals surface area (Å²) in [5.74, 6) is -0.736. The van der Waals surface area contributed by atoms with E-state index in [0.717, 1.165) is 5.56 Å². The topological polar surface area (TPSA) is 67.4 Å². The van der Waals surface area contributed by atoms with E-state index < -0.39 is 5.97 Å². The average Bonchev–Trinajstić information content (AvgIpc) is 2.60. The maximum Gasteiger partial charge on any atom is 0.339 e. The van der Waals surface area contributed by atoms with Gasteiger partial charge in [0.05, 0.1) is 24.9 Å². The standard InChI is InChI=1S/C18H19ClN2O3/c1-12(13-7-9-14(19)10-8-13)20-11-17(22)21-16-6-4-3-5-15(16)18(23)24-2/h3-10,12,20H,11H2,1-2H3,(H,21,22)/t12-/m0/s1. The molecule has 1 amide bonds. The van der Waals surface area contributed by atoms with Gasteiger partial charge in [0, 0.05) is 11.1 Å². The third-order valence-electron chi connectivity index (χ3n) is 3.55. The summed E-state index contributed by atoms with van der Waals surface area (Å²) in [7, 11) is 1.30. The number of amides is 1. The molecule has 0 bridgehead atoms. The Labute approximate surface area is 146 Å². The zero-order chi connectivity index (χ0) is 17.5. The lowest BCUT2D eigenvalue weighted by Crippen LogP contribution is -2.30. The number of rotatable bonds is 6. The van der Waals surface area contributed by atoms with Crippen molar-refractivity contribution in [3.05, 3.63) is 64.7 Å². The second kappa shape index (κ2) is 8.47. The number of para-hydroxylation sites is 1. The highest BCUT2D eigenvalue weighted by Crippen LogP contribution is 2.17. The Morgan fingerprint density at radius 3 is 2.46 bits per heavy atom. The molecule has 1 atom stereocenters. The lowest BCUT2D eigenvalue weighted by Gasteiger charge is -2.15. The minimum atomic E-state index is -0.492. The summed E-state index contributed by atoms with van der Waals surface area (Å²) in [5.41, 5.74) is 1.77. The van der Waals surface area contributed by atoms with Gasteiger partial charge in [-0.15, -0.1) is 0 Å². The molecular weight excluding hydrogens is 328 g/mol. The fourth-order valence-corrected chi connectivity index (χ4v) is 2.32. The van der Waals surface area contributed by atoms with Crippen molar-refractivity contribution in [2.45, 2.75) is 13.0 Å². The van der Waals surface area contributed by atoms with E-state index in [2.05, 4.69) is 10.6 Å². The molecule has 0 saturated heterocycles. The number of halogens is 1. The number of ether oxygens (including phenoxy) is 1. The highest BCUT2D eigenvalue weighted by Gasteiger charge is 2.14. The van der Waals surface area contributed by atoms with Crippen LogP contribution in [0.3, 0.4) is 0 Å². The van der Waals surface area contributed by atoms with Gasteiger partial charge in [0.15, 0.2) is 0 Å². The highest BCUT2D eigenvalue weighted by atomic mass is 35.5. The SMILES string of the molecule is COC(=O)c1ccccc1NC(=O)CN[C@@H](C)c1ccc(Cl)cc1. The maximum atomic E-state index is 12.1. The smallest absolute Gasteiger partial charge is 0.339 e. The molecule has 0 heterocycles. The molecule has 6 heteroatoms. The molecule has 0 unspecified atom stereocenters. The number of anilines is 1. The van der Waals surface area contributed by atoms with Gasteiger partial charge < -0.3 is 15.4 Å². The molecule has 0 aromatic heterocycles. The van der Waals surface area contributed by atoms with E-state index in [1.807, 2.05) is 31.2 Å². The molecule has 2 aromatic rings. The molecule has 0 fully saturated rings. The van der Waals surface area contributed by atoms with Crippen LogP contribution in [0.25, 0.3) is 0 Å². The molecule has 24 heavy (non-hydrogen) atoms. The lowest BCUT2D eigenvalue weighted by atomic mass is 10.1. The van der Waals surface area contributed by atoms with Crippen molar-refractivity contribution >= 4 is 29.2 Å². The number of nitrogens with one attached hydrogen (secondary N) is 2. The van der Waals surface area contributed by atoms with Crippen molar-refractivity contribution in [1.82, 2.24) is 5.32 Å². The number of hydrogen-bond donors (Lipinski definition) is 2. The van der Waals surface area contributed by atoms with Gasteiger partial charge >= 0.3 is 5.97 Å². The summed E-state index contributed by atoms with van der Waals surface area (Å²) < 4.78 is 4.71. The van der Waals surface area contributed by atoms with Gasteiger partial charge in [-0.3, -0.25) is 4.79 Å². The predicted octanol–water partition coefficient (Wildman–Crippen LogP) is 3.42. The second-order valence-electron chi connectivity index (χ2n) is 5.24. The minimum Gasteiger partial charge on any atom is -0.465 e. The van der Waals surface area contributed by atoms with Crippen molar-refractivity contribution in [2.75, 3.05) is 19.0 Å². The average molecular weight is 347 g/mol. The van der Waals surface area contributed by atoms with Gasteiger partial charge in [-0.1, -0.05) is 35.9 Å². The third-order valence-corrected chi connectivity index (χ3v) is 3.80. The number of methoxy groups -OCH3 is 1. The fourth-order valence-electron chi connectivity index (χ4n) is 2.19. The molecule has 0 aliphatic heterocycles. The Hall–Kier alpha value is -2.37. The Kier molecular flexibility index (Phi) is 6.35. The molecule has 2 rings (SSSR count). The summed E-state index contributed by atoms with van der Waals surface area (Å²) in [4.78, 5) is 23.8. The molecule has 0 saturated carbocycles. The van der Waals surface area contributed by atoms with E-state index in [1.54, 1.807) is 24.3 Å². The first-order valence-electron chi connectivity index (χ1n) is 7.47. The van der Waals surface area contributed by atoms with E-state index in [0.29, 0.717) is 16.3 Å². The molecule has 0 radical (unpaired) electrons. The number of hydrogen-bond acceptors (Lipinski definition) is 4. The van der Waals surface area contributed by atoms with Crippen LogP contribution in [0.15, 0.2) is 48.5 Å². The van der Waals surface area contributed by atoms with Crippen molar-refractivity contribution in [3.63, 3.8) is 0 Å². The van der Waals surface area contributed by atoms with Crippen LogP contribution in [0.5, 0.6) is 0 Å². The Balaban J connectivity index is 1.94. The summed E-state index contributed by atoms with van der Waals surface area (Å²) in [5, 5.41) is 6.52. The molecule has 0 aliphatic rings. The molecule has 0 spiro atoms. The largest absolute Gasteiger partial charge is 0.465 e. The summed E-state index contributed by atoms with van der Waals surface area (Å²) in [6, 6.07) is 14.1. The van der Waals surface area contributed by atoms with Crippen LogP contribution in [-0.4, -0.2) is 25.5 Å². The zero-order valence-electron chi connectivity index (χ0n) is 13.5. The maximum absolute atomic E-state index is 12.1. The predicted molar refractivity (Wildman–Crippen MR) is 94.3 cm³/mol. The van der Waals surface area contributed by atoms with E-state index in [-0.39, 0.29) is 18.5 Å². The van der Waals surface area contributed by atoms with E-state index in [4.69, 9.17) is 16.3 Å². The van der Waals surface area contributed by atoms with Crippen molar-refractivity contribution in [3.8, 4) is 0 Å². The van der Waals surface area contributed by atoms with Crippen LogP contribution in [0, 0.1) is 0 Å². The Morgan fingerprint density at radius 2 is 1.79 bits per heavy atom. The van der Waals surface area contributed by atoms with Crippen molar-refractivity contribution in [2.24, 2.45) is 0 Å². The summed E-state index contributed by atoms with van der Waals surface area (Å²) >= 11 is 5.86. The molecule has 2 aromatic carbocycles.